The van der Waals surface area contributed by atoms with Gasteiger partial charge in [-0.1, -0.05) is 20.8 Å². The fourth-order valence-electron chi connectivity index (χ4n) is 2.32. The summed E-state index contributed by atoms with van der Waals surface area (Å²) >= 11 is 0. The number of likely N-dealkylation sites (tertiary alicyclic amines) is 1. The second-order valence-electron chi connectivity index (χ2n) is 6.67. The van der Waals surface area contributed by atoms with Crippen LogP contribution in [0.25, 0.3) is 0 Å². The van der Waals surface area contributed by atoms with Crippen LogP contribution in [0.1, 0.15) is 33.6 Å². The molecular formula is C14H26N2O5S. The molecule has 0 saturated carbocycles. The number of piperidine rings is 1. The van der Waals surface area contributed by atoms with Crippen LogP contribution in [0.2, 0.25) is 0 Å². The van der Waals surface area contributed by atoms with Crippen LogP contribution < -0.4 is 4.72 Å². The Kier molecular flexibility index (Phi) is 6.37. The SMILES string of the molecule is CC(C)(C)C(=O)N1CCC[C@H](C(=O)OCCNS(C)(=O)=O)C1. The molecule has 8 heteroatoms. The number of esters is 1. The molecule has 1 atom stereocenters. The molecule has 0 aromatic rings. The van der Waals surface area contributed by atoms with E-state index in [-0.39, 0.29) is 30.9 Å². The molecule has 1 aliphatic heterocycles. The second-order valence-corrected chi connectivity index (χ2v) is 8.51. The van der Waals surface area contributed by atoms with Gasteiger partial charge in [0.25, 0.3) is 0 Å². The molecule has 0 aromatic heterocycles. The van der Waals surface area contributed by atoms with E-state index in [1.807, 2.05) is 20.8 Å². The molecule has 1 rings (SSSR count). The quantitative estimate of drug-likeness (QED) is 0.579. The van der Waals surface area contributed by atoms with Crippen molar-refractivity contribution in [3.05, 3.63) is 0 Å². The first kappa shape index (κ1) is 18.9. The average molecular weight is 334 g/mol. The fraction of sp³-hybridized carbons (Fsp3) is 0.857. The van der Waals surface area contributed by atoms with Gasteiger partial charge in [0.05, 0.1) is 12.2 Å². The zero-order valence-corrected chi connectivity index (χ0v) is 14.5. The maximum absolute atomic E-state index is 12.3. The summed E-state index contributed by atoms with van der Waals surface area (Å²) in [7, 11) is -3.28. The summed E-state index contributed by atoms with van der Waals surface area (Å²) in [6.45, 7) is 6.65. The van der Waals surface area contributed by atoms with Crippen LogP contribution in [-0.2, 0) is 24.3 Å². The van der Waals surface area contributed by atoms with Gasteiger partial charge in [0.2, 0.25) is 15.9 Å². The van der Waals surface area contributed by atoms with Crippen molar-refractivity contribution >= 4 is 21.9 Å². The first-order valence-corrected chi connectivity index (χ1v) is 9.30. The molecule has 7 nitrogen and oxygen atoms in total. The predicted octanol–water partition coefficient (Wildman–Crippen LogP) is 0.364. The van der Waals surface area contributed by atoms with Crippen molar-refractivity contribution in [3.63, 3.8) is 0 Å². The van der Waals surface area contributed by atoms with E-state index in [4.69, 9.17) is 4.74 Å². The predicted molar refractivity (Wildman–Crippen MR) is 82.6 cm³/mol. The highest BCUT2D eigenvalue weighted by atomic mass is 32.2. The van der Waals surface area contributed by atoms with Crippen molar-refractivity contribution < 1.29 is 22.7 Å². The molecule has 1 N–H and O–H groups in total. The van der Waals surface area contributed by atoms with E-state index in [9.17, 15) is 18.0 Å². The van der Waals surface area contributed by atoms with Gasteiger partial charge in [-0.3, -0.25) is 9.59 Å². The summed E-state index contributed by atoms with van der Waals surface area (Å²) in [6, 6.07) is 0. The van der Waals surface area contributed by atoms with Gasteiger partial charge in [0, 0.05) is 25.0 Å². The molecule has 128 valence electrons. The van der Waals surface area contributed by atoms with Crippen LogP contribution in [0.4, 0.5) is 0 Å². The Morgan fingerprint density at radius 3 is 2.50 bits per heavy atom. The minimum Gasteiger partial charge on any atom is -0.464 e. The summed E-state index contributed by atoms with van der Waals surface area (Å²) in [4.78, 5) is 26.0. The van der Waals surface area contributed by atoms with E-state index in [1.54, 1.807) is 4.90 Å². The van der Waals surface area contributed by atoms with E-state index in [2.05, 4.69) is 4.72 Å². The molecule has 1 heterocycles. The Labute approximate surface area is 132 Å². The number of sulfonamides is 1. The van der Waals surface area contributed by atoms with Gasteiger partial charge in [-0.15, -0.1) is 0 Å². The minimum atomic E-state index is -3.28. The van der Waals surface area contributed by atoms with Gasteiger partial charge in [-0.25, -0.2) is 13.1 Å². The van der Waals surface area contributed by atoms with Crippen molar-refractivity contribution in [1.29, 1.82) is 0 Å². The van der Waals surface area contributed by atoms with E-state index < -0.39 is 15.4 Å². The standard InChI is InChI=1S/C14H26N2O5S/c1-14(2,3)13(18)16-8-5-6-11(10-16)12(17)21-9-7-15-22(4,19)20/h11,15H,5-10H2,1-4H3/t11-/m0/s1. The van der Waals surface area contributed by atoms with Crippen LogP contribution in [0, 0.1) is 11.3 Å². The molecule has 0 aliphatic carbocycles. The fourth-order valence-corrected chi connectivity index (χ4v) is 2.78. The highest BCUT2D eigenvalue weighted by molar-refractivity contribution is 7.88. The number of carbonyl (C=O) groups is 2. The molecule has 22 heavy (non-hydrogen) atoms. The lowest BCUT2D eigenvalue weighted by Gasteiger charge is -2.35. The van der Waals surface area contributed by atoms with Crippen LogP contribution in [0.15, 0.2) is 0 Å². The lowest BCUT2D eigenvalue weighted by Crippen LogP contribution is -2.47. The maximum Gasteiger partial charge on any atom is 0.310 e. The molecule has 1 saturated heterocycles. The Morgan fingerprint density at radius 1 is 1.32 bits per heavy atom. The molecule has 0 aromatic carbocycles. The molecule has 0 bridgehead atoms. The zero-order valence-electron chi connectivity index (χ0n) is 13.7. The first-order valence-electron chi connectivity index (χ1n) is 7.41. The van der Waals surface area contributed by atoms with E-state index >= 15 is 0 Å². The Morgan fingerprint density at radius 2 is 1.95 bits per heavy atom. The van der Waals surface area contributed by atoms with E-state index in [0.29, 0.717) is 19.5 Å². The largest absolute Gasteiger partial charge is 0.464 e. The normalized spacial score (nSPS) is 19.8. The number of nitrogens with zero attached hydrogens (tertiary/aromatic N) is 1. The summed E-state index contributed by atoms with van der Waals surface area (Å²) in [6.07, 6.45) is 2.50. The van der Waals surface area contributed by atoms with Crippen LogP contribution in [0.3, 0.4) is 0 Å². The van der Waals surface area contributed by atoms with Crippen molar-refractivity contribution in [2.24, 2.45) is 11.3 Å². The average Bonchev–Trinajstić information content (AvgIpc) is 2.40. The summed E-state index contributed by atoms with van der Waals surface area (Å²) in [5.74, 6) is -0.677. The van der Waals surface area contributed by atoms with Crippen LogP contribution in [-0.4, -0.2) is 57.7 Å². The second kappa shape index (κ2) is 7.41. The molecular weight excluding hydrogens is 308 g/mol. The van der Waals surface area contributed by atoms with Crippen LogP contribution >= 0.6 is 0 Å². The Balaban J connectivity index is 2.44. The number of rotatable bonds is 5. The third kappa shape index (κ3) is 6.31. The summed E-state index contributed by atoms with van der Waals surface area (Å²) < 4.78 is 29.1. The third-order valence-corrected chi connectivity index (χ3v) is 4.12. The maximum atomic E-state index is 12.3. The Hall–Kier alpha value is -1.15. The summed E-state index contributed by atoms with van der Waals surface area (Å²) in [5.41, 5.74) is -0.467. The smallest absolute Gasteiger partial charge is 0.310 e. The number of hydrogen-bond donors (Lipinski definition) is 1. The molecule has 0 spiro atoms. The first-order chi connectivity index (χ1) is 10.0. The van der Waals surface area contributed by atoms with Crippen molar-refractivity contribution in [1.82, 2.24) is 9.62 Å². The number of amides is 1. The molecule has 1 amide bonds. The van der Waals surface area contributed by atoms with Gasteiger partial charge in [-0.2, -0.15) is 0 Å². The van der Waals surface area contributed by atoms with Crippen molar-refractivity contribution in [2.45, 2.75) is 33.6 Å². The lowest BCUT2D eigenvalue weighted by atomic mass is 9.91. The highest BCUT2D eigenvalue weighted by Crippen LogP contribution is 2.24. The number of carbonyl (C=O) groups excluding carboxylic acids is 2. The van der Waals surface area contributed by atoms with Crippen molar-refractivity contribution in [2.75, 3.05) is 32.5 Å². The minimum absolute atomic E-state index is 0.00434. The topological polar surface area (TPSA) is 92.8 Å². The number of hydrogen-bond acceptors (Lipinski definition) is 5. The number of ether oxygens (including phenoxy) is 1. The van der Waals surface area contributed by atoms with Gasteiger partial charge < -0.3 is 9.64 Å². The van der Waals surface area contributed by atoms with E-state index in [1.165, 1.54) is 0 Å². The number of nitrogens with one attached hydrogen (secondary N) is 1. The Bertz CT molecular complexity index is 510. The van der Waals surface area contributed by atoms with Gasteiger partial charge in [0.1, 0.15) is 6.61 Å². The van der Waals surface area contributed by atoms with Crippen LogP contribution in [0.5, 0.6) is 0 Å². The van der Waals surface area contributed by atoms with E-state index in [0.717, 1.165) is 12.7 Å². The zero-order chi connectivity index (χ0) is 17.0. The van der Waals surface area contributed by atoms with Crippen molar-refractivity contribution in [3.8, 4) is 0 Å². The van der Waals surface area contributed by atoms with Gasteiger partial charge >= 0.3 is 5.97 Å². The van der Waals surface area contributed by atoms with Gasteiger partial charge in [-0.05, 0) is 12.8 Å². The molecule has 1 fully saturated rings. The van der Waals surface area contributed by atoms with Gasteiger partial charge in [0.15, 0.2) is 0 Å². The summed E-state index contributed by atoms with van der Waals surface area (Å²) in [5, 5.41) is 0. The molecule has 0 unspecified atom stereocenters. The molecule has 0 radical (unpaired) electrons. The molecule has 1 aliphatic rings. The highest BCUT2D eigenvalue weighted by Gasteiger charge is 2.33. The third-order valence-electron chi connectivity index (χ3n) is 3.39. The monoisotopic (exact) mass is 334 g/mol. The lowest BCUT2D eigenvalue weighted by molar-refractivity contribution is -0.153.